The molecule has 0 unspecified atom stereocenters. The van der Waals surface area contributed by atoms with Gasteiger partial charge in [0, 0.05) is 32.3 Å². The van der Waals surface area contributed by atoms with Crippen molar-refractivity contribution in [1.82, 2.24) is 13.9 Å². The summed E-state index contributed by atoms with van der Waals surface area (Å²) in [4.78, 5) is 14.6. The zero-order valence-electron chi connectivity index (χ0n) is 11.4. The molecule has 0 radical (unpaired) electrons. The van der Waals surface area contributed by atoms with E-state index in [2.05, 4.69) is 4.98 Å². The highest BCUT2D eigenvalue weighted by Crippen LogP contribution is 2.24. The molecule has 1 aromatic rings. The van der Waals surface area contributed by atoms with Gasteiger partial charge in [0.05, 0.1) is 6.33 Å². The largest absolute Gasteiger partial charge is 0.481 e. The van der Waals surface area contributed by atoms with Gasteiger partial charge in [0.25, 0.3) is 10.0 Å². The normalized spacial score (nSPS) is 18.2. The van der Waals surface area contributed by atoms with Crippen LogP contribution in [0.2, 0.25) is 0 Å². The minimum atomic E-state index is -3.55. The predicted molar refractivity (Wildman–Crippen MR) is 71.6 cm³/mol. The van der Waals surface area contributed by atoms with Gasteiger partial charge < -0.3 is 9.67 Å². The van der Waals surface area contributed by atoms with Gasteiger partial charge in [-0.1, -0.05) is 0 Å². The van der Waals surface area contributed by atoms with Crippen LogP contribution in [0.3, 0.4) is 0 Å². The molecule has 0 atom stereocenters. The van der Waals surface area contributed by atoms with Crippen molar-refractivity contribution in [2.24, 2.45) is 5.92 Å². The van der Waals surface area contributed by atoms with Crippen molar-refractivity contribution in [2.45, 2.75) is 37.8 Å². The van der Waals surface area contributed by atoms with Crippen LogP contribution < -0.4 is 0 Å². The van der Waals surface area contributed by atoms with Crippen molar-refractivity contribution in [2.75, 3.05) is 13.1 Å². The van der Waals surface area contributed by atoms with Gasteiger partial charge in [-0.05, 0) is 25.7 Å². The van der Waals surface area contributed by atoms with Crippen LogP contribution in [0.25, 0.3) is 0 Å². The van der Waals surface area contributed by atoms with E-state index in [4.69, 9.17) is 5.11 Å². The number of carboxylic acids is 1. The van der Waals surface area contributed by atoms with Crippen LogP contribution in [0.5, 0.6) is 0 Å². The number of sulfonamides is 1. The Balaban J connectivity index is 2.03. The summed E-state index contributed by atoms with van der Waals surface area (Å²) in [6, 6.07) is 0. The Morgan fingerprint density at radius 1 is 1.45 bits per heavy atom. The fraction of sp³-hybridized carbons (Fsp3) is 0.667. The first-order chi connectivity index (χ1) is 9.43. The number of aliphatic carboxylic acids is 1. The van der Waals surface area contributed by atoms with Crippen LogP contribution in [-0.2, 0) is 21.4 Å². The van der Waals surface area contributed by atoms with Crippen molar-refractivity contribution in [3.8, 4) is 0 Å². The third-order valence-corrected chi connectivity index (χ3v) is 5.40. The summed E-state index contributed by atoms with van der Waals surface area (Å²) in [6.07, 6.45) is 4.31. The first-order valence-electron chi connectivity index (χ1n) is 6.67. The maximum absolute atomic E-state index is 12.4. The number of carbonyl (C=O) groups is 1. The van der Waals surface area contributed by atoms with Crippen molar-refractivity contribution in [1.29, 1.82) is 0 Å². The van der Waals surface area contributed by atoms with E-state index < -0.39 is 16.0 Å². The van der Waals surface area contributed by atoms with E-state index in [1.54, 1.807) is 4.57 Å². The molecule has 1 saturated heterocycles. The molecule has 7 nitrogen and oxygen atoms in total. The minimum Gasteiger partial charge on any atom is -0.481 e. The van der Waals surface area contributed by atoms with Gasteiger partial charge in [0.1, 0.15) is 0 Å². The Bertz CT molecular complexity index is 573. The first-order valence-corrected chi connectivity index (χ1v) is 8.11. The van der Waals surface area contributed by atoms with E-state index in [-0.39, 0.29) is 17.4 Å². The number of piperidine rings is 1. The summed E-state index contributed by atoms with van der Waals surface area (Å²) in [5.41, 5.74) is 0. The van der Waals surface area contributed by atoms with Gasteiger partial charge in [-0.25, -0.2) is 13.4 Å². The second-order valence-corrected chi connectivity index (χ2v) is 6.87. The Morgan fingerprint density at radius 2 is 2.10 bits per heavy atom. The highest BCUT2D eigenvalue weighted by molar-refractivity contribution is 7.89. The number of nitrogens with zero attached hydrogens (tertiary/aromatic N) is 3. The number of imidazole rings is 1. The molecule has 1 fully saturated rings. The van der Waals surface area contributed by atoms with E-state index >= 15 is 0 Å². The van der Waals surface area contributed by atoms with Crippen LogP contribution in [0.4, 0.5) is 0 Å². The lowest BCUT2D eigenvalue weighted by Crippen LogP contribution is -2.39. The molecule has 0 bridgehead atoms. The van der Waals surface area contributed by atoms with E-state index in [1.807, 2.05) is 6.92 Å². The Kier molecular flexibility index (Phi) is 4.44. The lowest BCUT2D eigenvalue weighted by atomic mass is 9.95. The van der Waals surface area contributed by atoms with E-state index in [9.17, 15) is 13.2 Å². The highest BCUT2D eigenvalue weighted by atomic mass is 32.2. The molecular weight excluding hydrogens is 282 g/mol. The second-order valence-electron chi connectivity index (χ2n) is 4.99. The molecule has 2 heterocycles. The monoisotopic (exact) mass is 301 g/mol. The Morgan fingerprint density at radius 3 is 2.60 bits per heavy atom. The number of carboxylic acid groups (broad SMARTS) is 1. The lowest BCUT2D eigenvalue weighted by Gasteiger charge is -2.29. The molecule has 1 N–H and O–H groups in total. The van der Waals surface area contributed by atoms with Crippen molar-refractivity contribution < 1.29 is 18.3 Å². The van der Waals surface area contributed by atoms with Crippen LogP contribution in [0.15, 0.2) is 17.6 Å². The Hall–Kier alpha value is -1.41. The third kappa shape index (κ3) is 3.18. The smallest absolute Gasteiger partial charge is 0.303 e. The Labute approximate surface area is 118 Å². The summed E-state index contributed by atoms with van der Waals surface area (Å²) >= 11 is 0. The molecule has 0 spiro atoms. The van der Waals surface area contributed by atoms with Crippen LogP contribution >= 0.6 is 0 Å². The zero-order chi connectivity index (χ0) is 14.8. The van der Waals surface area contributed by atoms with Gasteiger partial charge in [-0.3, -0.25) is 4.79 Å². The van der Waals surface area contributed by atoms with Gasteiger partial charge in [0.15, 0.2) is 5.03 Å². The molecule has 8 heteroatoms. The van der Waals surface area contributed by atoms with Crippen LogP contribution in [0.1, 0.15) is 26.2 Å². The molecule has 112 valence electrons. The fourth-order valence-corrected chi connectivity index (χ4v) is 3.78. The van der Waals surface area contributed by atoms with Crippen molar-refractivity contribution >= 4 is 16.0 Å². The molecule has 0 amide bonds. The van der Waals surface area contributed by atoms with E-state index in [0.717, 1.165) is 0 Å². The SMILES string of the molecule is CCn1cnc(S(=O)(=O)N2CCC(CC(=O)O)CC2)c1. The number of aryl methyl sites for hydroxylation is 1. The van der Waals surface area contributed by atoms with Crippen molar-refractivity contribution in [3.63, 3.8) is 0 Å². The zero-order valence-corrected chi connectivity index (χ0v) is 12.2. The number of aromatic nitrogens is 2. The molecule has 0 saturated carbocycles. The number of hydrogen-bond donors (Lipinski definition) is 1. The van der Waals surface area contributed by atoms with Crippen LogP contribution in [0, 0.1) is 5.92 Å². The molecular formula is C12H19N3O4S. The third-order valence-electron chi connectivity index (χ3n) is 3.62. The van der Waals surface area contributed by atoms with Gasteiger partial charge >= 0.3 is 5.97 Å². The summed E-state index contributed by atoms with van der Waals surface area (Å²) in [5.74, 6) is -0.764. The van der Waals surface area contributed by atoms with E-state index in [0.29, 0.717) is 32.5 Å². The minimum absolute atomic E-state index is 0.0622. The maximum Gasteiger partial charge on any atom is 0.303 e. The molecule has 20 heavy (non-hydrogen) atoms. The maximum atomic E-state index is 12.4. The molecule has 0 aliphatic carbocycles. The summed E-state index contributed by atoms with van der Waals surface area (Å²) < 4.78 is 27.9. The molecule has 2 rings (SSSR count). The quantitative estimate of drug-likeness (QED) is 0.867. The fourth-order valence-electron chi connectivity index (χ4n) is 2.38. The van der Waals surface area contributed by atoms with Gasteiger partial charge in [-0.15, -0.1) is 0 Å². The molecule has 0 aromatic carbocycles. The number of hydrogen-bond acceptors (Lipinski definition) is 4. The van der Waals surface area contributed by atoms with Crippen LogP contribution in [-0.4, -0.2) is 46.4 Å². The number of rotatable bonds is 5. The molecule has 1 aliphatic rings. The lowest BCUT2D eigenvalue weighted by molar-refractivity contribution is -0.138. The summed E-state index contributed by atoms with van der Waals surface area (Å²) in [5, 5.41) is 8.82. The van der Waals surface area contributed by atoms with Crippen molar-refractivity contribution in [3.05, 3.63) is 12.5 Å². The second kappa shape index (κ2) is 5.92. The average Bonchev–Trinajstić information content (AvgIpc) is 2.88. The standard InChI is InChI=1S/C12H19N3O4S/c1-2-14-8-11(13-9-14)20(18,19)15-5-3-10(4-6-15)7-12(16)17/h8-10H,2-7H2,1H3,(H,16,17). The first kappa shape index (κ1) is 15.0. The van der Waals surface area contributed by atoms with Gasteiger partial charge in [0.2, 0.25) is 0 Å². The predicted octanol–water partition coefficient (Wildman–Crippen LogP) is 0.778. The van der Waals surface area contributed by atoms with Gasteiger partial charge in [-0.2, -0.15) is 4.31 Å². The summed E-state index contributed by atoms with van der Waals surface area (Å²) in [6.45, 7) is 3.30. The average molecular weight is 301 g/mol. The summed E-state index contributed by atoms with van der Waals surface area (Å²) in [7, 11) is -3.55. The van der Waals surface area contributed by atoms with E-state index in [1.165, 1.54) is 16.8 Å². The molecule has 1 aromatic heterocycles. The highest BCUT2D eigenvalue weighted by Gasteiger charge is 2.31. The topological polar surface area (TPSA) is 92.5 Å². The molecule has 1 aliphatic heterocycles.